The molecule has 0 aliphatic heterocycles. The summed E-state index contributed by atoms with van der Waals surface area (Å²) in [4.78, 5) is 0. The van der Waals surface area contributed by atoms with Crippen molar-refractivity contribution >= 4 is 5.95 Å². The van der Waals surface area contributed by atoms with Crippen LogP contribution < -0.4 is 14.8 Å². The minimum absolute atomic E-state index is 0.557. The number of hydrogen-bond acceptors (Lipinski definition) is 6. The number of methoxy groups -OCH3 is 2. The van der Waals surface area contributed by atoms with Gasteiger partial charge in [0.05, 0.1) is 20.8 Å². The summed E-state index contributed by atoms with van der Waals surface area (Å²) in [6.07, 6.45) is 1.73. The van der Waals surface area contributed by atoms with Crippen LogP contribution in [-0.2, 0) is 13.1 Å². The summed E-state index contributed by atoms with van der Waals surface area (Å²) in [7, 11) is 3.22. The molecule has 0 fully saturated rings. The zero-order chi connectivity index (χ0) is 14.4. The highest BCUT2D eigenvalue weighted by Gasteiger charge is 2.07. The SMILES string of the molecule is C=CCn1nnnc1NCc1ccc(OC)c(OC)c1. The first-order valence-electron chi connectivity index (χ1n) is 6.10. The van der Waals surface area contributed by atoms with E-state index in [9.17, 15) is 0 Å². The Hall–Kier alpha value is -2.57. The second kappa shape index (κ2) is 6.55. The van der Waals surface area contributed by atoms with Crippen LogP contribution in [0.25, 0.3) is 0 Å². The molecule has 0 unspecified atom stereocenters. The fourth-order valence-electron chi connectivity index (χ4n) is 1.75. The molecule has 0 amide bonds. The van der Waals surface area contributed by atoms with Gasteiger partial charge < -0.3 is 14.8 Å². The topological polar surface area (TPSA) is 74.1 Å². The largest absolute Gasteiger partial charge is 0.493 e. The molecule has 1 aromatic heterocycles. The van der Waals surface area contributed by atoms with Crippen molar-refractivity contribution in [3.63, 3.8) is 0 Å². The predicted octanol–water partition coefficient (Wildman–Crippen LogP) is 1.49. The van der Waals surface area contributed by atoms with Crippen LogP contribution in [-0.4, -0.2) is 34.4 Å². The van der Waals surface area contributed by atoms with Gasteiger partial charge in [-0.25, -0.2) is 4.68 Å². The molecule has 0 spiro atoms. The molecule has 0 atom stereocenters. The summed E-state index contributed by atoms with van der Waals surface area (Å²) in [6.45, 7) is 4.80. The van der Waals surface area contributed by atoms with Crippen molar-refractivity contribution in [2.24, 2.45) is 0 Å². The number of ether oxygens (including phenoxy) is 2. The summed E-state index contributed by atoms with van der Waals surface area (Å²) in [6, 6.07) is 5.73. The van der Waals surface area contributed by atoms with Crippen molar-refractivity contribution in [2.45, 2.75) is 13.1 Å². The van der Waals surface area contributed by atoms with Crippen molar-refractivity contribution in [3.05, 3.63) is 36.4 Å². The Morgan fingerprint density at radius 3 is 2.80 bits per heavy atom. The molecule has 0 saturated carbocycles. The highest BCUT2D eigenvalue weighted by molar-refractivity contribution is 5.43. The van der Waals surface area contributed by atoms with E-state index in [1.807, 2.05) is 18.2 Å². The van der Waals surface area contributed by atoms with E-state index < -0.39 is 0 Å². The molecule has 1 aromatic carbocycles. The van der Waals surface area contributed by atoms with Gasteiger partial charge in [-0.15, -0.1) is 6.58 Å². The van der Waals surface area contributed by atoms with E-state index >= 15 is 0 Å². The Morgan fingerprint density at radius 1 is 1.30 bits per heavy atom. The lowest BCUT2D eigenvalue weighted by molar-refractivity contribution is 0.354. The maximum Gasteiger partial charge on any atom is 0.243 e. The first kappa shape index (κ1) is 13.9. The first-order chi connectivity index (χ1) is 9.78. The van der Waals surface area contributed by atoms with Gasteiger partial charge in [0.25, 0.3) is 0 Å². The number of aromatic nitrogens is 4. The number of tetrazole rings is 1. The standard InChI is InChI=1S/C13H17N5O2/c1-4-7-18-13(15-16-17-18)14-9-10-5-6-11(19-2)12(8-10)20-3/h4-6,8H,1,7,9H2,2-3H3,(H,14,15,17). The highest BCUT2D eigenvalue weighted by atomic mass is 16.5. The van der Waals surface area contributed by atoms with Crippen LogP contribution in [0.2, 0.25) is 0 Å². The Balaban J connectivity index is 2.07. The van der Waals surface area contributed by atoms with Crippen LogP contribution in [0.1, 0.15) is 5.56 Å². The van der Waals surface area contributed by atoms with Gasteiger partial charge in [0.2, 0.25) is 5.95 Å². The van der Waals surface area contributed by atoms with Crippen LogP contribution >= 0.6 is 0 Å². The van der Waals surface area contributed by atoms with Gasteiger partial charge in [0.15, 0.2) is 11.5 Å². The zero-order valence-corrected chi connectivity index (χ0v) is 11.5. The average Bonchev–Trinajstić information content (AvgIpc) is 2.92. The smallest absolute Gasteiger partial charge is 0.243 e. The number of allylic oxidation sites excluding steroid dienone is 1. The molecular weight excluding hydrogens is 258 g/mol. The molecule has 7 nitrogen and oxygen atoms in total. The van der Waals surface area contributed by atoms with Crippen LogP contribution in [0.3, 0.4) is 0 Å². The van der Waals surface area contributed by atoms with Crippen molar-refractivity contribution in [2.75, 3.05) is 19.5 Å². The van der Waals surface area contributed by atoms with E-state index in [2.05, 4.69) is 27.4 Å². The minimum Gasteiger partial charge on any atom is -0.493 e. The summed E-state index contributed by atoms with van der Waals surface area (Å²) in [5.74, 6) is 1.99. The Morgan fingerprint density at radius 2 is 2.10 bits per heavy atom. The maximum absolute atomic E-state index is 5.26. The molecule has 0 radical (unpaired) electrons. The second-order valence-corrected chi connectivity index (χ2v) is 4.02. The minimum atomic E-state index is 0.557. The molecule has 7 heteroatoms. The van der Waals surface area contributed by atoms with E-state index in [0.29, 0.717) is 30.5 Å². The van der Waals surface area contributed by atoms with E-state index in [0.717, 1.165) is 5.56 Å². The van der Waals surface area contributed by atoms with Crippen LogP contribution in [0, 0.1) is 0 Å². The third kappa shape index (κ3) is 3.05. The number of nitrogens with one attached hydrogen (secondary N) is 1. The number of nitrogens with zero attached hydrogens (tertiary/aromatic N) is 4. The lowest BCUT2D eigenvalue weighted by Crippen LogP contribution is -2.08. The molecule has 0 saturated heterocycles. The van der Waals surface area contributed by atoms with E-state index in [4.69, 9.17) is 9.47 Å². The third-order valence-electron chi connectivity index (χ3n) is 2.73. The van der Waals surface area contributed by atoms with E-state index in [-0.39, 0.29) is 0 Å². The van der Waals surface area contributed by atoms with Crippen molar-refractivity contribution in [1.82, 2.24) is 20.2 Å². The van der Waals surface area contributed by atoms with Crippen molar-refractivity contribution in [1.29, 1.82) is 0 Å². The third-order valence-corrected chi connectivity index (χ3v) is 2.73. The Bertz CT molecular complexity index is 582. The maximum atomic E-state index is 5.26. The molecular formula is C13H17N5O2. The first-order valence-corrected chi connectivity index (χ1v) is 6.10. The summed E-state index contributed by atoms with van der Waals surface area (Å²) < 4.78 is 12.1. The fourth-order valence-corrected chi connectivity index (χ4v) is 1.75. The molecule has 2 aromatic rings. The van der Waals surface area contributed by atoms with Gasteiger partial charge in [0, 0.05) is 6.54 Å². The van der Waals surface area contributed by atoms with Crippen LogP contribution in [0.4, 0.5) is 5.95 Å². The van der Waals surface area contributed by atoms with Gasteiger partial charge in [-0.1, -0.05) is 17.2 Å². The summed E-state index contributed by atoms with van der Waals surface area (Å²) in [5.41, 5.74) is 1.04. The predicted molar refractivity (Wildman–Crippen MR) is 74.9 cm³/mol. The molecule has 0 aliphatic carbocycles. The number of rotatable bonds is 7. The number of hydrogen-bond donors (Lipinski definition) is 1. The van der Waals surface area contributed by atoms with Gasteiger partial charge in [0.1, 0.15) is 0 Å². The molecule has 1 heterocycles. The van der Waals surface area contributed by atoms with Crippen LogP contribution in [0.5, 0.6) is 11.5 Å². The lowest BCUT2D eigenvalue weighted by atomic mass is 10.2. The Kier molecular flexibility index (Phi) is 4.54. The molecule has 106 valence electrons. The number of benzene rings is 1. The molecule has 2 rings (SSSR count). The fraction of sp³-hybridized carbons (Fsp3) is 0.308. The molecule has 0 bridgehead atoms. The second-order valence-electron chi connectivity index (χ2n) is 4.02. The Labute approximate surface area is 117 Å². The van der Waals surface area contributed by atoms with E-state index in [1.54, 1.807) is 25.0 Å². The van der Waals surface area contributed by atoms with Crippen LogP contribution in [0.15, 0.2) is 30.9 Å². The normalized spacial score (nSPS) is 10.1. The monoisotopic (exact) mass is 275 g/mol. The van der Waals surface area contributed by atoms with Crippen molar-refractivity contribution in [3.8, 4) is 11.5 Å². The molecule has 20 heavy (non-hydrogen) atoms. The highest BCUT2D eigenvalue weighted by Crippen LogP contribution is 2.27. The van der Waals surface area contributed by atoms with Crippen molar-refractivity contribution < 1.29 is 9.47 Å². The molecule has 0 aliphatic rings. The van der Waals surface area contributed by atoms with Gasteiger partial charge in [-0.3, -0.25) is 0 Å². The number of anilines is 1. The quantitative estimate of drug-likeness (QED) is 0.772. The van der Waals surface area contributed by atoms with Gasteiger partial charge in [-0.05, 0) is 28.1 Å². The van der Waals surface area contributed by atoms with E-state index in [1.165, 1.54) is 0 Å². The summed E-state index contributed by atoms with van der Waals surface area (Å²) >= 11 is 0. The molecule has 1 N–H and O–H groups in total. The van der Waals surface area contributed by atoms with Gasteiger partial charge in [-0.2, -0.15) is 0 Å². The van der Waals surface area contributed by atoms with Gasteiger partial charge >= 0.3 is 0 Å². The zero-order valence-electron chi connectivity index (χ0n) is 11.5. The lowest BCUT2D eigenvalue weighted by Gasteiger charge is -2.10. The average molecular weight is 275 g/mol. The summed E-state index contributed by atoms with van der Waals surface area (Å²) in [5, 5.41) is 14.6.